The molecule has 1 fully saturated rings. The van der Waals surface area contributed by atoms with Gasteiger partial charge in [0, 0.05) is 32.2 Å². The lowest BCUT2D eigenvalue weighted by molar-refractivity contribution is 0.163. The molecular formula is C14H20ClN5. The molecule has 1 N–H and O–H groups in total. The molecule has 20 heavy (non-hydrogen) atoms. The first-order valence-corrected chi connectivity index (χ1v) is 6.74. The van der Waals surface area contributed by atoms with Crippen molar-refractivity contribution >= 4 is 12.4 Å². The zero-order valence-corrected chi connectivity index (χ0v) is 12.4. The van der Waals surface area contributed by atoms with Gasteiger partial charge in [0.1, 0.15) is 0 Å². The summed E-state index contributed by atoms with van der Waals surface area (Å²) in [4.78, 5) is 4.14. The van der Waals surface area contributed by atoms with Crippen molar-refractivity contribution in [2.45, 2.75) is 19.5 Å². The van der Waals surface area contributed by atoms with E-state index in [9.17, 15) is 0 Å². The van der Waals surface area contributed by atoms with Crippen LogP contribution in [0.25, 0.3) is 5.69 Å². The van der Waals surface area contributed by atoms with Crippen molar-refractivity contribution in [3.05, 3.63) is 42.2 Å². The Hall–Kier alpha value is -1.43. The van der Waals surface area contributed by atoms with E-state index < -0.39 is 0 Å². The number of aromatic nitrogens is 3. The number of hydrogen-bond acceptors (Lipinski definition) is 4. The number of halogens is 1. The minimum Gasteiger partial charge on any atom is -0.314 e. The van der Waals surface area contributed by atoms with Crippen LogP contribution in [0.4, 0.5) is 0 Å². The van der Waals surface area contributed by atoms with E-state index >= 15 is 0 Å². The third-order valence-electron chi connectivity index (χ3n) is 3.53. The molecule has 0 saturated carbocycles. The Morgan fingerprint density at radius 1 is 1.30 bits per heavy atom. The number of nitrogens with one attached hydrogen (secondary N) is 1. The Morgan fingerprint density at radius 2 is 2.10 bits per heavy atom. The van der Waals surface area contributed by atoms with E-state index in [-0.39, 0.29) is 12.4 Å². The van der Waals surface area contributed by atoms with E-state index in [0.717, 1.165) is 37.6 Å². The quantitative estimate of drug-likeness (QED) is 0.931. The average molecular weight is 294 g/mol. The third kappa shape index (κ3) is 3.36. The van der Waals surface area contributed by atoms with E-state index in [1.54, 1.807) is 4.80 Å². The molecule has 1 aromatic carbocycles. The second kappa shape index (κ2) is 6.83. The fourth-order valence-corrected chi connectivity index (χ4v) is 2.38. The minimum atomic E-state index is 0. The highest BCUT2D eigenvalue weighted by Crippen LogP contribution is 2.09. The number of benzene rings is 1. The summed E-state index contributed by atoms with van der Waals surface area (Å²) in [5, 5.41) is 12.3. The molecule has 1 atom stereocenters. The van der Waals surface area contributed by atoms with E-state index in [4.69, 9.17) is 0 Å². The van der Waals surface area contributed by atoms with Crippen LogP contribution < -0.4 is 5.32 Å². The van der Waals surface area contributed by atoms with Crippen LogP contribution >= 0.6 is 12.4 Å². The average Bonchev–Trinajstić information content (AvgIpc) is 2.91. The zero-order valence-electron chi connectivity index (χ0n) is 11.6. The van der Waals surface area contributed by atoms with Crippen LogP contribution in [-0.4, -0.2) is 45.6 Å². The van der Waals surface area contributed by atoms with Gasteiger partial charge in [0.15, 0.2) is 0 Å². The topological polar surface area (TPSA) is 46.0 Å². The second-order valence-electron chi connectivity index (χ2n) is 4.98. The first-order valence-electron chi connectivity index (χ1n) is 6.74. The van der Waals surface area contributed by atoms with Crippen molar-refractivity contribution in [1.82, 2.24) is 25.2 Å². The van der Waals surface area contributed by atoms with Crippen LogP contribution in [0.3, 0.4) is 0 Å². The van der Waals surface area contributed by atoms with Gasteiger partial charge in [-0.1, -0.05) is 18.2 Å². The monoisotopic (exact) mass is 293 g/mol. The number of hydrogen-bond donors (Lipinski definition) is 1. The van der Waals surface area contributed by atoms with Crippen LogP contribution in [0, 0.1) is 0 Å². The Kier molecular flexibility index (Phi) is 5.11. The summed E-state index contributed by atoms with van der Waals surface area (Å²) in [6.45, 7) is 6.28. The summed E-state index contributed by atoms with van der Waals surface area (Å²) in [6, 6.07) is 10.6. The van der Waals surface area contributed by atoms with Gasteiger partial charge in [-0.25, -0.2) is 0 Å². The van der Waals surface area contributed by atoms with Crippen LogP contribution in [0.2, 0.25) is 0 Å². The lowest BCUT2D eigenvalue weighted by atomic mass is 10.2. The number of rotatable bonds is 3. The van der Waals surface area contributed by atoms with Crippen molar-refractivity contribution in [3.8, 4) is 5.69 Å². The largest absolute Gasteiger partial charge is 0.314 e. The van der Waals surface area contributed by atoms with E-state index in [1.165, 1.54) is 0 Å². The van der Waals surface area contributed by atoms with Gasteiger partial charge >= 0.3 is 0 Å². The molecule has 0 spiro atoms. The molecule has 0 aliphatic carbocycles. The highest BCUT2D eigenvalue weighted by Gasteiger charge is 2.18. The summed E-state index contributed by atoms with van der Waals surface area (Å²) in [6.07, 6.45) is 1.86. The molecule has 0 unspecified atom stereocenters. The van der Waals surface area contributed by atoms with Gasteiger partial charge in [-0.05, 0) is 19.1 Å². The molecule has 6 heteroatoms. The van der Waals surface area contributed by atoms with E-state index in [1.807, 2.05) is 36.5 Å². The van der Waals surface area contributed by atoms with Gasteiger partial charge in [0.2, 0.25) is 0 Å². The van der Waals surface area contributed by atoms with Crippen LogP contribution in [-0.2, 0) is 6.54 Å². The summed E-state index contributed by atoms with van der Waals surface area (Å²) < 4.78 is 0. The Morgan fingerprint density at radius 3 is 2.85 bits per heavy atom. The van der Waals surface area contributed by atoms with Crippen molar-refractivity contribution < 1.29 is 0 Å². The van der Waals surface area contributed by atoms with E-state index in [0.29, 0.717) is 6.04 Å². The standard InChI is InChI=1S/C14H19N5.ClH/c1-12-9-15-7-8-18(12)11-13-10-16-19(17-13)14-5-3-2-4-6-14;/h2-6,10,12,15H,7-9,11H2,1H3;1H/t12-;/m1./s1. The normalized spacial score (nSPS) is 19.6. The lowest BCUT2D eigenvalue weighted by Gasteiger charge is -2.33. The molecule has 5 nitrogen and oxygen atoms in total. The molecule has 0 radical (unpaired) electrons. The first kappa shape index (κ1) is 15.0. The number of nitrogens with zero attached hydrogens (tertiary/aromatic N) is 4. The molecule has 1 aromatic heterocycles. The van der Waals surface area contributed by atoms with Gasteiger partial charge in [-0.2, -0.15) is 15.0 Å². The van der Waals surface area contributed by atoms with Gasteiger partial charge in [-0.15, -0.1) is 12.4 Å². The molecular weight excluding hydrogens is 274 g/mol. The molecule has 3 rings (SSSR count). The van der Waals surface area contributed by atoms with E-state index in [2.05, 4.69) is 27.3 Å². The summed E-state index contributed by atoms with van der Waals surface area (Å²) in [5.41, 5.74) is 2.03. The smallest absolute Gasteiger partial charge is 0.0971 e. The summed E-state index contributed by atoms with van der Waals surface area (Å²) in [5.74, 6) is 0. The summed E-state index contributed by atoms with van der Waals surface area (Å²) in [7, 11) is 0. The van der Waals surface area contributed by atoms with Gasteiger partial charge < -0.3 is 5.32 Å². The SMILES string of the molecule is C[C@@H]1CNCCN1Cc1cnn(-c2ccccc2)n1.Cl. The highest BCUT2D eigenvalue weighted by atomic mass is 35.5. The zero-order chi connectivity index (χ0) is 13.1. The predicted molar refractivity (Wildman–Crippen MR) is 81.3 cm³/mol. The van der Waals surface area contributed by atoms with Crippen LogP contribution in [0.1, 0.15) is 12.6 Å². The molecule has 1 aliphatic rings. The number of para-hydroxylation sites is 1. The third-order valence-corrected chi connectivity index (χ3v) is 3.53. The van der Waals surface area contributed by atoms with Gasteiger partial charge in [-0.3, -0.25) is 4.90 Å². The van der Waals surface area contributed by atoms with Crippen LogP contribution in [0.5, 0.6) is 0 Å². The molecule has 2 aromatic rings. The fraction of sp³-hybridized carbons (Fsp3) is 0.429. The molecule has 1 aliphatic heterocycles. The number of piperazine rings is 1. The molecule has 108 valence electrons. The van der Waals surface area contributed by atoms with Crippen LogP contribution in [0.15, 0.2) is 36.5 Å². The minimum absolute atomic E-state index is 0. The highest BCUT2D eigenvalue weighted by molar-refractivity contribution is 5.85. The maximum Gasteiger partial charge on any atom is 0.0971 e. The molecule has 0 amide bonds. The van der Waals surface area contributed by atoms with Gasteiger partial charge in [0.25, 0.3) is 0 Å². The second-order valence-corrected chi connectivity index (χ2v) is 4.98. The molecule has 1 saturated heterocycles. The summed E-state index contributed by atoms with van der Waals surface area (Å²) >= 11 is 0. The Bertz CT molecular complexity index is 527. The maximum atomic E-state index is 4.55. The molecule has 2 heterocycles. The van der Waals surface area contributed by atoms with Crippen molar-refractivity contribution in [2.24, 2.45) is 0 Å². The maximum absolute atomic E-state index is 4.55. The lowest BCUT2D eigenvalue weighted by Crippen LogP contribution is -2.49. The first-order chi connectivity index (χ1) is 9.33. The van der Waals surface area contributed by atoms with Crippen molar-refractivity contribution in [1.29, 1.82) is 0 Å². The fourth-order valence-electron chi connectivity index (χ4n) is 2.38. The van der Waals surface area contributed by atoms with Crippen molar-refractivity contribution in [3.63, 3.8) is 0 Å². The Labute approximate surface area is 125 Å². The van der Waals surface area contributed by atoms with Crippen molar-refractivity contribution in [2.75, 3.05) is 19.6 Å². The molecule has 0 bridgehead atoms. The van der Waals surface area contributed by atoms with Gasteiger partial charge in [0.05, 0.1) is 17.6 Å². The predicted octanol–water partition coefficient (Wildman–Crippen LogP) is 1.48. The Balaban J connectivity index is 0.00000147.